The third-order valence-electron chi connectivity index (χ3n) is 4.50. The summed E-state index contributed by atoms with van der Waals surface area (Å²) in [6.07, 6.45) is 0.0408. The molecule has 1 aliphatic heterocycles. The number of anilines is 1. The Morgan fingerprint density at radius 1 is 1.24 bits per heavy atom. The number of nitrogens with one attached hydrogen (secondary N) is 1. The van der Waals surface area contributed by atoms with E-state index in [0.29, 0.717) is 22.1 Å². The molecule has 2 aromatic carbocycles. The third-order valence-corrected chi connectivity index (χ3v) is 6.77. The first-order valence-electron chi connectivity index (χ1n) is 8.62. The van der Waals surface area contributed by atoms with Crippen molar-refractivity contribution in [2.24, 2.45) is 0 Å². The highest BCUT2D eigenvalue weighted by Crippen LogP contribution is 2.50. The molecule has 29 heavy (non-hydrogen) atoms. The van der Waals surface area contributed by atoms with Gasteiger partial charge in [0.2, 0.25) is 0 Å². The van der Waals surface area contributed by atoms with Crippen molar-refractivity contribution in [1.29, 1.82) is 0 Å². The molecule has 0 unspecified atom stereocenters. The number of carbonyl (C=O) groups is 1. The van der Waals surface area contributed by atoms with Crippen LogP contribution in [0.15, 0.2) is 30.3 Å². The van der Waals surface area contributed by atoms with Gasteiger partial charge in [0.05, 0.1) is 48.9 Å². The van der Waals surface area contributed by atoms with Crippen molar-refractivity contribution in [2.45, 2.75) is 16.9 Å². The minimum atomic E-state index is -0.527. The number of thioether (sulfide) groups is 1. The van der Waals surface area contributed by atoms with Crippen molar-refractivity contribution in [3.63, 3.8) is 0 Å². The van der Waals surface area contributed by atoms with Crippen LogP contribution in [0.1, 0.15) is 22.8 Å². The van der Waals surface area contributed by atoms with Crippen LogP contribution in [-0.4, -0.2) is 37.5 Å². The smallest absolute Gasteiger partial charge is 0.307 e. The molecule has 1 N–H and O–H groups in total. The molecule has 0 saturated carbocycles. The summed E-state index contributed by atoms with van der Waals surface area (Å²) in [5, 5.41) is 2.35. The molecule has 0 spiro atoms. The molecule has 1 aliphatic rings. The summed E-state index contributed by atoms with van der Waals surface area (Å²) < 4.78 is 30.6. The molecule has 2 atom stereocenters. The molecule has 0 amide bonds. The molecule has 154 valence electrons. The Morgan fingerprint density at radius 3 is 2.66 bits per heavy atom. The highest BCUT2D eigenvalue weighted by molar-refractivity contribution is 8.02. The average Bonchev–Trinajstić information content (AvgIpc) is 2.84. The van der Waals surface area contributed by atoms with Crippen molar-refractivity contribution in [3.8, 4) is 11.5 Å². The molecule has 0 aliphatic carbocycles. The maximum atomic E-state index is 14.8. The predicted octanol–water partition coefficient (Wildman–Crippen LogP) is 5.00. The van der Waals surface area contributed by atoms with Crippen molar-refractivity contribution < 1.29 is 23.4 Å². The van der Waals surface area contributed by atoms with Gasteiger partial charge in [-0.3, -0.25) is 4.79 Å². The predicted molar refractivity (Wildman–Crippen MR) is 117 cm³/mol. The van der Waals surface area contributed by atoms with Gasteiger partial charge in [0.15, 0.2) is 11.5 Å². The fourth-order valence-electron chi connectivity index (χ4n) is 3.17. The number of hydrogen-bond donors (Lipinski definition) is 1. The number of ether oxygens (including phenoxy) is 3. The van der Waals surface area contributed by atoms with E-state index in [4.69, 9.17) is 38.0 Å². The van der Waals surface area contributed by atoms with E-state index < -0.39 is 22.3 Å². The number of benzene rings is 2. The molecule has 5 nitrogen and oxygen atoms in total. The van der Waals surface area contributed by atoms with E-state index in [0.717, 1.165) is 5.56 Å². The molecular weight excluding hydrogens is 437 g/mol. The maximum absolute atomic E-state index is 14.8. The Labute approximate surface area is 182 Å². The SMILES string of the molecule is COC(=O)C[C@@H]1S[C@@H](c2cccc(OC)c2OC)c2cc(Cl)cc(F)c2NC1=S. The summed E-state index contributed by atoms with van der Waals surface area (Å²) in [7, 11) is 4.40. The first kappa shape index (κ1) is 21.7. The second-order valence-corrected chi connectivity index (χ2v) is 8.40. The van der Waals surface area contributed by atoms with Crippen molar-refractivity contribution in [2.75, 3.05) is 26.6 Å². The third kappa shape index (κ3) is 4.44. The van der Waals surface area contributed by atoms with Gasteiger partial charge in [0, 0.05) is 10.6 Å². The molecule has 9 heteroatoms. The lowest BCUT2D eigenvalue weighted by molar-refractivity contribution is -0.140. The molecule has 2 aromatic rings. The van der Waals surface area contributed by atoms with E-state index in [-0.39, 0.29) is 17.1 Å². The van der Waals surface area contributed by atoms with Gasteiger partial charge < -0.3 is 19.5 Å². The summed E-state index contributed by atoms with van der Waals surface area (Å²) in [6, 6.07) is 8.38. The van der Waals surface area contributed by atoms with Crippen LogP contribution >= 0.6 is 35.6 Å². The highest BCUT2D eigenvalue weighted by atomic mass is 35.5. The summed E-state index contributed by atoms with van der Waals surface area (Å²) >= 11 is 13.0. The standard InChI is InChI=1S/C20H19ClFNO4S2/c1-25-14-6-4-5-11(18(14)27-3)19-12-7-10(21)8-13(22)17(12)23-20(28)15(29-19)9-16(24)26-2/h4-8,15,19H,9H2,1-3H3,(H,23,28)/t15-,19-/m0/s1. The number of carbonyl (C=O) groups excluding carboxylic acids is 1. The van der Waals surface area contributed by atoms with E-state index in [1.165, 1.54) is 32.0 Å². The monoisotopic (exact) mass is 455 g/mol. The van der Waals surface area contributed by atoms with Gasteiger partial charge in [-0.2, -0.15) is 0 Å². The van der Waals surface area contributed by atoms with Crippen molar-refractivity contribution in [3.05, 3.63) is 52.3 Å². The Kier molecular flexibility index (Phi) is 6.87. The minimum absolute atomic E-state index is 0.0408. The topological polar surface area (TPSA) is 56.8 Å². The van der Waals surface area contributed by atoms with E-state index in [9.17, 15) is 9.18 Å². The van der Waals surface area contributed by atoms with Crippen LogP contribution < -0.4 is 14.8 Å². The van der Waals surface area contributed by atoms with Gasteiger partial charge in [0.1, 0.15) is 5.82 Å². The second kappa shape index (κ2) is 9.19. The number of rotatable bonds is 5. The first-order valence-corrected chi connectivity index (χ1v) is 10.4. The maximum Gasteiger partial charge on any atom is 0.307 e. The van der Waals surface area contributed by atoms with E-state index in [1.54, 1.807) is 19.2 Å². The van der Waals surface area contributed by atoms with Crippen LogP contribution in [0.4, 0.5) is 10.1 Å². The Hall–Kier alpha value is -2.03. The molecular formula is C20H19ClFNO4S2. The number of fused-ring (bicyclic) bond motifs is 1. The number of hydrogen-bond acceptors (Lipinski definition) is 6. The Bertz CT molecular complexity index is 956. The Balaban J connectivity index is 2.20. The van der Waals surface area contributed by atoms with Gasteiger partial charge in [-0.1, -0.05) is 36.0 Å². The largest absolute Gasteiger partial charge is 0.493 e. The van der Waals surface area contributed by atoms with Crippen LogP contribution in [0.3, 0.4) is 0 Å². The number of thiocarbonyl (C=S) groups is 1. The van der Waals surface area contributed by atoms with E-state index >= 15 is 0 Å². The normalized spacial score (nSPS) is 18.3. The first-order chi connectivity index (χ1) is 13.9. The molecule has 3 rings (SSSR count). The minimum Gasteiger partial charge on any atom is -0.493 e. The summed E-state index contributed by atoms with van der Waals surface area (Å²) in [5.41, 5.74) is 1.58. The lowest BCUT2D eigenvalue weighted by Gasteiger charge is -2.23. The van der Waals surface area contributed by atoms with E-state index in [2.05, 4.69) is 5.32 Å². The summed E-state index contributed by atoms with van der Waals surface area (Å²) in [4.78, 5) is 12.3. The zero-order valence-corrected chi connectivity index (χ0v) is 18.3. The van der Waals surface area contributed by atoms with Crippen molar-refractivity contribution in [1.82, 2.24) is 0 Å². The molecule has 0 radical (unpaired) electrons. The Morgan fingerprint density at radius 2 is 2.00 bits per heavy atom. The molecule has 0 bridgehead atoms. The summed E-state index contributed by atoms with van der Waals surface area (Å²) in [6.45, 7) is 0. The number of para-hydroxylation sites is 1. The fraction of sp³-hybridized carbons (Fsp3) is 0.300. The van der Waals surface area contributed by atoms with Crippen LogP contribution in [0.25, 0.3) is 0 Å². The lowest BCUT2D eigenvalue weighted by Crippen LogP contribution is -2.25. The van der Waals surface area contributed by atoms with Crippen LogP contribution in [-0.2, 0) is 9.53 Å². The van der Waals surface area contributed by atoms with Crippen LogP contribution in [0.5, 0.6) is 11.5 Å². The van der Waals surface area contributed by atoms with Gasteiger partial charge in [0.25, 0.3) is 0 Å². The number of methoxy groups -OCH3 is 3. The number of halogens is 2. The lowest BCUT2D eigenvalue weighted by atomic mass is 10.0. The molecule has 0 fully saturated rings. The van der Waals surface area contributed by atoms with Crippen LogP contribution in [0, 0.1) is 5.82 Å². The average molecular weight is 456 g/mol. The zero-order chi connectivity index (χ0) is 21.1. The summed E-state index contributed by atoms with van der Waals surface area (Å²) in [5.74, 6) is 0.121. The molecule has 1 heterocycles. The van der Waals surface area contributed by atoms with E-state index in [1.807, 2.05) is 12.1 Å². The molecule has 0 aromatic heterocycles. The van der Waals surface area contributed by atoms with Gasteiger partial charge in [-0.15, -0.1) is 11.8 Å². The zero-order valence-electron chi connectivity index (χ0n) is 16.0. The van der Waals surface area contributed by atoms with Gasteiger partial charge in [-0.05, 0) is 23.8 Å². The number of esters is 1. The second-order valence-electron chi connectivity index (χ2n) is 6.21. The van der Waals surface area contributed by atoms with Crippen LogP contribution in [0.2, 0.25) is 5.02 Å². The van der Waals surface area contributed by atoms with Gasteiger partial charge >= 0.3 is 5.97 Å². The highest BCUT2D eigenvalue weighted by Gasteiger charge is 2.34. The van der Waals surface area contributed by atoms with Gasteiger partial charge in [-0.25, -0.2) is 4.39 Å². The molecule has 0 saturated heterocycles. The fourth-order valence-corrected chi connectivity index (χ4v) is 5.14. The quantitative estimate of drug-likeness (QED) is 0.502. The van der Waals surface area contributed by atoms with Crippen molar-refractivity contribution >= 4 is 52.2 Å².